The predicted molar refractivity (Wildman–Crippen MR) is 139 cm³/mol. The zero-order chi connectivity index (χ0) is 24.5. The molecule has 0 atom stereocenters. The third-order valence-electron chi connectivity index (χ3n) is 5.31. The fourth-order valence-electron chi connectivity index (χ4n) is 3.51. The predicted octanol–water partition coefficient (Wildman–Crippen LogP) is 7.76. The third kappa shape index (κ3) is 5.27. The van der Waals surface area contributed by atoms with Gasteiger partial charge in [0.2, 0.25) is 11.8 Å². The molecule has 0 radical (unpaired) electrons. The van der Waals surface area contributed by atoms with Gasteiger partial charge >= 0.3 is 0 Å². The molecule has 0 saturated heterocycles. The highest BCUT2D eigenvalue weighted by atomic mass is 35.5. The van der Waals surface area contributed by atoms with Crippen molar-refractivity contribution in [2.75, 3.05) is 12.4 Å². The van der Waals surface area contributed by atoms with E-state index in [1.54, 1.807) is 36.4 Å². The Balaban J connectivity index is 1.51. The number of carbonyl (C=O) groups excluding carboxylic acids is 1. The summed E-state index contributed by atoms with van der Waals surface area (Å²) in [5.41, 5.74) is 4.70. The molecule has 5 nitrogen and oxygen atoms in total. The standard InChI is InChI=1S/C27H24Cl2N2O3/c1-27(2,3)18-8-5-16(6-9-18)26-31-22-15-20(10-11-23(22)34-26)30-24(32)12-7-17-13-19(28)14-21(29)25(17)33-4/h5-15H,1-4H3,(H,30,32)/b12-7+. The summed E-state index contributed by atoms with van der Waals surface area (Å²) in [5, 5.41) is 3.65. The van der Waals surface area contributed by atoms with Gasteiger partial charge in [-0.2, -0.15) is 0 Å². The lowest BCUT2D eigenvalue weighted by atomic mass is 9.87. The molecule has 0 bridgehead atoms. The molecule has 1 amide bonds. The van der Waals surface area contributed by atoms with Crippen LogP contribution in [0.5, 0.6) is 5.75 Å². The number of ether oxygens (including phenoxy) is 1. The summed E-state index contributed by atoms with van der Waals surface area (Å²) >= 11 is 12.2. The van der Waals surface area contributed by atoms with Crippen molar-refractivity contribution in [3.8, 4) is 17.2 Å². The number of halogens is 2. The molecule has 3 aromatic carbocycles. The first-order valence-corrected chi connectivity index (χ1v) is 11.4. The van der Waals surface area contributed by atoms with Gasteiger partial charge in [-0.15, -0.1) is 0 Å². The Morgan fingerprint density at radius 2 is 1.79 bits per heavy atom. The SMILES string of the molecule is COc1c(Cl)cc(Cl)cc1/C=C/C(=O)Nc1ccc2oc(-c3ccc(C(C)(C)C)cc3)nc2c1. The molecule has 0 spiro atoms. The number of rotatable bonds is 5. The van der Waals surface area contributed by atoms with E-state index in [1.807, 2.05) is 12.1 Å². The fourth-order valence-corrected chi connectivity index (χ4v) is 4.10. The number of nitrogens with zero attached hydrogens (tertiary/aromatic N) is 1. The summed E-state index contributed by atoms with van der Waals surface area (Å²) in [6, 6.07) is 16.8. The number of fused-ring (bicyclic) bond motifs is 1. The minimum Gasteiger partial charge on any atom is -0.495 e. The number of methoxy groups -OCH3 is 1. The first-order valence-electron chi connectivity index (χ1n) is 10.7. The lowest BCUT2D eigenvalue weighted by Gasteiger charge is -2.18. The van der Waals surface area contributed by atoms with Crippen LogP contribution in [0.15, 0.2) is 65.1 Å². The second-order valence-corrected chi connectivity index (χ2v) is 9.71. The van der Waals surface area contributed by atoms with Crippen LogP contribution in [0, 0.1) is 0 Å². The van der Waals surface area contributed by atoms with E-state index in [0.29, 0.717) is 44.0 Å². The molecule has 1 N–H and O–H groups in total. The number of aromatic nitrogens is 1. The molecule has 1 heterocycles. The monoisotopic (exact) mass is 494 g/mol. The van der Waals surface area contributed by atoms with Crippen LogP contribution in [0.2, 0.25) is 10.0 Å². The second kappa shape index (κ2) is 9.53. The van der Waals surface area contributed by atoms with Gasteiger partial charge < -0.3 is 14.5 Å². The first kappa shape index (κ1) is 23.9. The Morgan fingerprint density at radius 1 is 1.06 bits per heavy atom. The Morgan fingerprint density at radius 3 is 2.47 bits per heavy atom. The van der Waals surface area contributed by atoms with Crippen LogP contribution in [0.4, 0.5) is 5.69 Å². The number of hydrogen-bond donors (Lipinski definition) is 1. The van der Waals surface area contributed by atoms with Crippen molar-refractivity contribution in [3.05, 3.63) is 81.8 Å². The van der Waals surface area contributed by atoms with Crippen LogP contribution >= 0.6 is 23.2 Å². The summed E-state index contributed by atoms with van der Waals surface area (Å²) < 4.78 is 11.2. The van der Waals surface area contributed by atoms with Crippen LogP contribution in [0.1, 0.15) is 31.9 Å². The smallest absolute Gasteiger partial charge is 0.248 e. The molecule has 0 saturated carbocycles. The van der Waals surface area contributed by atoms with Crippen LogP contribution in [0.3, 0.4) is 0 Å². The van der Waals surface area contributed by atoms with Gasteiger partial charge in [-0.1, -0.05) is 56.1 Å². The topological polar surface area (TPSA) is 64.4 Å². The van der Waals surface area contributed by atoms with Crippen molar-refractivity contribution >= 4 is 52.0 Å². The van der Waals surface area contributed by atoms with E-state index in [1.165, 1.54) is 18.7 Å². The molecule has 34 heavy (non-hydrogen) atoms. The van der Waals surface area contributed by atoms with Crippen LogP contribution in [-0.4, -0.2) is 18.0 Å². The second-order valence-electron chi connectivity index (χ2n) is 8.86. The lowest BCUT2D eigenvalue weighted by Crippen LogP contribution is -2.10. The summed E-state index contributed by atoms with van der Waals surface area (Å²) in [4.78, 5) is 17.1. The quantitative estimate of drug-likeness (QED) is 0.288. The van der Waals surface area contributed by atoms with E-state index in [9.17, 15) is 4.79 Å². The highest BCUT2D eigenvalue weighted by molar-refractivity contribution is 6.36. The Hall–Kier alpha value is -3.28. The number of benzene rings is 3. The van der Waals surface area contributed by atoms with E-state index >= 15 is 0 Å². The van der Waals surface area contributed by atoms with Crippen molar-refractivity contribution in [1.82, 2.24) is 4.98 Å². The molecular weight excluding hydrogens is 471 g/mol. The number of anilines is 1. The first-order chi connectivity index (χ1) is 16.1. The van der Waals surface area contributed by atoms with E-state index < -0.39 is 0 Å². The van der Waals surface area contributed by atoms with Gasteiger partial charge in [0.05, 0.1) is 12.1 Å². The maximum absolute atomic E-state index is 12.5. The highest BCUT2D eigenvalue weighted by Crippen LogP contribution is 2.33. The van der Waals surface area contributed by atoms with Gasteiger partial charge in [0, 0.05) is 27.9 Å². The highest BCUT2D eigenvalue weighted by Gasteiger charge is 2.15. The van der Waals surface area contributed by atoms with E-state index in [2.05, 4.69) is 43.2 Å². The molecule has 1 aromatic heterocycles. The average molecular weight is 495 g/mol. The van der Waals surface area contributed by atoms with Crippen LogP contribution < -0.4 is 10.1 Å². The third-order valence-corrected chi connectivity index (χ3v) is 5.81. The molecule has 0 aliphatic carbocycles. The van der Waals surface area contributed by atoms with Crippen LogP contribution in [0.25, 0.3) is 28.6 Å². The number of amides is 1. The summed E-state index contributed by atoms with van der Waals surface area (Å²) in [5.74, 6) is 0.657. The van der Waals surface area contributed by atoms with E-state index in [4.69, 9.17) is 32.4 Å². The van der Waals surface area contributed by atoms with Gasteiger partial charge in [-0.25, -0.2) is 4.98 Å². The van der Waals surface area contributed by atoms with E-state index in [-0.39, 0.29) is 11.3 Å². The molecule has 0 aliphatic heterocycles. The molecular formula is C27H24Cl2N2O3. The van der Waals surface area contributed by atoms with Crippen molar-refractivity contribution in [2.24, 2.45) is 0 Å². The number of hydrogen-bond acceptors (Lipinski definition) is 4. The van der Waals surface area contributed by atoms with Crippen molar-refractivity contribution in [2.45, 2.75) is 26.2 Å². The Labute approximate surface area is 208 Å². The normalized spacial score (nSPS) is 11.8. The maximum atomic E-state index is 12.5. The summed E-state index contributed by atoms with van der Waals surface area (Å²) in [6.45, 7) is 6.52. The van der Waals surface area contributed by atoms with E-state index in [0.717, 1.165) is 5.56 Å². The van der Waals surface area contributed by atoms with Gasteiger partial charge in [0.15, 0.2) is 5.58 Å². The van der Waals surface area contributed by atoms with Crippen LogP contribution in [-0.2, 0) is 10.2 Å². The fraction of sp³-hybridized carbons (Fsp3) is 0.185. The van der Waals surface area contributed by atoms with Gasteiger partial charge in [0.1, 0.15) is 11.3 Å². The molecule has 4 aromatic rings. The average Bonchev–Trinajstić information content (AvgIpc) is 3.20. The molecule has 0 unspecified atom stereocenters. The minimum absolute atomic E-state index is 0.0750. The van der Waals surface area contributed by atoms with Gasteiger partial charge in [-0.3, -0.25) is 4.79 Å². The van der Waals surface area contributed by atoms with Crippen molar-refractivity contribution in [1.29, 1.82) is 0 Å². The molecule has 174 valence electrons. The number of carbonyl (C=O) groups is 1. The Kier molecular flexibility index (Phi) is 6.69. The largest absolute Gasteiger partial charge is 0.495 e. The van der Waals surface area contributed by atoms with Crippen molar-refractivity contribution < 1.29 is 13.9 Å². The molecule has 0 aliphatic rings. The molecule has 7 heteroatoms. The molecule has 4 rings (SSSR count). The molecule has 0 fully saturated rings. The Bertz CT molecular complexity index is 1380. The minimum atomic E-state index is -0.320. The summed E-state index contributed by atoms with van der Waals surface area (Å²) in [7, 11) is 1.51. The van der Waals surface area contributed by atoms with Crippen molar-refractivity contribution in [3.63, 3.8) is 0 Å². The van der Waals surface area contributed by atoms with Gasteiger partial charge in [0.25, 0.3) is 0 Å². The zero-order valence-corrected chi connectivity index (χ0v) is 20.8. The number of oxazole rings is 1. The van der Waals surface area contributed by atoms with Gasteiger partial charge in [-0.05, 0) is 59.5 Å². The number of nitrogens with one attached hydrogen (secondary N) is 1. The zero-order valence-electron chi connectivity index (χ0n) is 19.3. The lowest BCUT2D eigenvalue weighted by molar-refractivity contribution is -0.111. The summed E-state index contributed by atoms with van der Waals surface area (Å²) in [6.07, 6.45) is 2.99. The maximum Gasteiger partial charge on any atom is 0.248 e.